The van der Waals surface area contributed by atoms with Gasteiger partial charge in [0.15, 0.2) is 0 Å². The maximum Gasteiger partial charge on any atom is 0.266 e. The number of alkyl halides is 2. The number of hydrogen-bond donors (Lipinski definition) is 1. The third kappa shape index (κ3) is 6.31. The molecule has 0 bridgehead atoms. The quantitative estimate of drug-likeness (QED) is 0.379. The molecule has 1 N–H and O–H groups in total. The van der Waals surface area contributed by atoms with Crippen LogP contribution in [0.4, 0.5) is 24.5 Å². The van der Waals surface area contributed by atoms with Crippen LogP contribution in [0.3, 0.4) is 0 Å². The van der Waals surface area contributed by atoms with Crippen molar-refractivity contribution in [2.24, 2.45) is 5.92 Å². The number of nitrogens with one attached hydrogen (secondary N) is 1. The molecule has 10 heteroatoms. The Balaban J connectivity index is 0.00000370. The Hall–Kier alpha value is -3.04. The molecule has 2 aliphatic rings. The van der Waals surface area contributed by atoms with Crippen molar-refractivity contribution >= 4 is 40.6 Å². The van der Waals surface area contributed by atoms with Crippen LogP contribution in [-0.2, 0) is 4.79 Å². The molecule has 5 rings (SSSR count). The van der Waals surface area contributed by atoms with E-state index in [0.717, 1.165) is 73.1 Å². The van der Waals surface area contributed by atoms with E-state index in [4.69, 9.17) is 0 Å². The van der Waals surface area contributed by atoms with E-state index < -0.39 is 23.8 Å². The predicted molar refractivity (Wildman–Crippen MR) is 156 cm³/mol. The molecule has 0 radical (unpaired) electrons. The van der Waals surface area contributed by atoms with Crippen molar-refractivity contribution < 1.29 is 18.0 Å². The summed E-state index contributed by atoms with van der Waals surface area (Å²) in [6.07, 6.45) is -1.02. The van der Waals surface area contributed by atoms with Crippen molar-refractivity contribution in [1.29, 1.82) is 0 Å². The number of carbonyl (C=O) groups is 1. The molecular formula is C30H37ClF3N5O. The first-order valence-corrected chi connectivity index (χ1v) is 13.7. The summed E-state index contributed by atoms with van der Waals surface area (Å²) in [7, 11) is 2.10. The molecular weight excluding hydrogens is 539 g/mol. The lowest BCUT2D eigenvalue weighted by atomic mass is 9.95. The van der Waals surface area contributed by atoms with Gasteiger partial charge in [-0.3, -0.25) is 9.78 Å². The Labute approximate surface area is 239 Å². The number of fused-ring (bicyclic) bond motifs is 1. The molecule has 216 valence electrons. The summed E-state index contributed by atoms with van der Waals surface area (Å²) in [5.74, 6) is -0.468. The summed E-state index contributed by atoms with van der Waals surface area (Å²) in [6, 6.07) is 11.6. The minimum absolute atomic E-state index is 0. The summed E-state index contributed by atoms with van der Waals surface area (Å²) in [6.45, 7) is 8.47. The minimum atomic E-state index is -2.87. The number of benzene rings is 2. The van der Waals surface area contributed by atoms with Gasteiger partial charge in [-0.15, -0.1) is 12.4 Å². The molecule has 40 heavy (non-hydrogen) atoms. The van der Waals surface area contributed by atoms with Crippen LogP contribution < -0.4 is 10.2 Å². The van der Waals surface area contributed by atoms with Crippen LogP contribution in [0.2, 0.25) is 0 Å². The van der Waals surface area contributed by atoms with Crippen LogP contribution in [0.5, 0.6) is 0 Å². The predicted octanol–water partition coefficient (Wildman–Crippen LogP) is 6.21. The fourth-order valence-corrected chi connectivity index (χ4v) is 5.74. The number of nitrogens with zero attached hydrogens (tertiary/aromatic N) is 4. The number of anilines is 2. The third-order valence-corrected chi connectivity index (χ3v) is 8.08. The van der Waals surface area contributed by atoms with Gasteiger partial charge in [0.1, 0.15) is 5.82 Å². The molecule has 1 atom stereocenters. The molecule has 2 aliphatic heterocycles. The number of aromatic nitrogens is 1. The zero-order chi connectivity index (χ0) is 27.7. The zero-order valence-corrected chi connectivity index (χ0v) is 24.0. The molecule has 0 saturated carbocycles. The van der Waals surface area contributed by atoms with E-state index in [1.807, 2.05) is 30.0 Å². The summed E-state index contributed by atoms with van der Waals surface area (Å²) < 4.78 is 41.4. The van der Waals surface area contributed by atoms with Gasteiger partial charge in [-0.25, -0.2) is 13.2 Å². The standard InChI is InChI=1S/C30H36F3N5O.ClH/c1-19-17-27(35-20(2)23-5-4-6-24(28(23)31)29(32)33)25-18-22(7-8-26(25)34-19)37-13-15-38(16-14-37)30(39)21-9-11-36(3)12-10-21;/h4-8,17-18,20-21,29H,9-16H2,1-3H3,(H,34,35);1H/t20-;/m1./s1. The molecule has 0 unspecified atom stereocenters. The van der Waals surface area contributed by atoms with Gasteiger partial charge in [-0.05, 0) is 71.1 Å². The van der Waals surface area contributed by atoms with E-state index in [1.165, 1.54) is 12.1 Å². The number of carbonyl (C=O) groups excluding carboxylic acids is 1. The lowest BCUT2D eigenvalue weighted by Crippen LogP contribution is -2.51. The zero-order valence-electron chi connectivity index (χ0n) is 23.2. The second-order valence-electron chi connectivity index (χ2n) is 10.8. The number of aryl methyl sites for hydroxylation is 1. The number of piperazine rings is 1. The third-order valence-electron chi connectivity index (χ3n) is 8.08. The Bertz CT molecular complexity index is 1340. The van der Waals surface area contributed by atoms with Crippen LogP contribution >= 0.6 is 12.4 Å². The fraction of sp³-hybridized carbons (Fsp3) is 0.467. The lowest BCUT2D eigenvalue weighted by Gasteiger charge is -2.39. The molecule has 1 aromatic heterocycles. The van der Waals surface area contributed by atoms with Crippen LogP contribution in [0.25, 0.3) is 10.9 Å². The Morgan fingerprint density at radius 2 is 1.68 bits per heavy atom. The van der Waals surface area contributed by atoms with Gasteiger partial charge in [0, 0.05) is 60.1 Å². The van der Waals surface area contributed by atoms with E-state index in [9.17, 15) is 18.0 Å². The molecule has 2 saturated heterocycles. The van der Waals surface area contributed by atoms with Crippen LogP contribution in [0.15, 0.2) is 42.5 Å². The molecule has 0 aliphatic carbocycles. The summed E-state index contributed by atoms with van der Waals surface area (Å²) in [4.78, 5) is 24.3. The number of amides is 1. The van der Waals surface area contributed by atoms with Gasteiger partial charge >= 0.3 is 0 Å². The summed E-state index contributed by atoms with van der Waals surface area (Å²) in [5, 5.41) is 4.22. The van der Waals surface area contributed by atoms with Crippen molar-refractivity contribution in [1.82, 2.24) is 14.8 Å². The Morgan fingerprint density at radius 1 is 1.00 bits per heavy atom. The van der Waals surface area contributed by atoms with E-state index in [1.54, 1.807) is 6.92 Å². The topological polar surface area (TPSA) is 51.7 Å². The van der Waals surface area contributed by atoms with E-state index in [2.05, 4.69) is 33.2 Å². The van der Waals surface area contributed by atoms with E-state index in [-0.39, 0.29) is 29.8 Å². The molecule has 6 nitrogen and oxygen atoms in total. The highest BCUT2D eigenvalue weighted by Gasteiger charge is 2.30. The fourth-order valence-electron chi connectivity index (χ4n) is 5.74. The number of rotatable bonds is 6. The maximum atomic E-state index is 14.8. The first-order chi connectivity index (χ1) is 18.7. The number of piperidine rings is 1. The van der Waals surface area contributed by atoms with Crippen LogP contribution in [0.1, 0.15) is 49.1 Å². The molecule has 1 amide bonds. The van der Waals surface area contributed by atoms with Crippen LogP contribution in [0, 0.1) is 18.7 Å². The van der Waals surface area contributed by atoms with Gasteiger partial charge in [0.25, 0.3) is 6.43 Å². The first-order valence-electron chi connectivity index (χ1n) is 13.7. The molecule has 0 spiro atoms. The number of pyridine rings is 1. The highest BCUT2D eigenvalue weighted by atomic mass is 35.5. The Morgan fingerprint density at radius 3 is 2.35 bits per heavy atom. The number of likely N-dealkylation sites (tertiary alicyclic amines) is 1. The van der Waals surface area contributed by atoms with Gasteiger partial charge in [0.2, 0.25) is 5.91 Å². The van der Waals surface area contributed by atoms with Crippen molar-refractivity contribution in [2.45, 2.75) is 39.2 Å². The second kappa shape index (κ2) is 12.6. The summed E-state index contributed by atoms with van der Waals surface area (Å²) >= 11 is 0. The maximum absolute atomic E-state index is 14.8. The van der Waals surface area contributed by atoms with Gasteiger partial charge < -0.3 is 20.0 Å². The average Bonchev–Trinajstić information content (AvgIpc) is 2.93. The first kappa shape index (κ1) is 29.9. The minimum Gasteiger partial charge on any atom is -0.378 e. The summed E-state index contributed by atoms with van der Waals surface area (Å²) in [5.41, 5.74) is 3.00. The van der Waals surface area contributed by atoms with Gasteiger partial charge in [-0.2, -0.15) is 0 Å². The van der Waals surface area contributed by atoms with Crippen molar-refractivity contribution in [3.63, 3.8) is 0 Å². The SMILES string of the molecule is Cc1cc(N[C@H](C)c2cccc(C(F)F)c2F)c2cc(N3CCN(C(=O)C4CCN(C)CC4)CC3)ccc2n1.Cl. The van der Waals surface area contributed by atoms with Crippen molar-refractivity contribution in [3.8, 4) is 0 Å². The smallest absolute Gasteiger partial charge is 0.266 e. The van der Waals surface area contributed by atoms with Gasteiger partial charge in [0.05, 0.1) is 17.1 Å². The van der Waals surface area contributed by atoms with E-state index in [0.29, 0.717) is 13.1 Å². The normalized spacial score (nSPS) is 17.7. The molecule has 2 fully saturated rings. The highest BCUT2D eigenvalue weighted by Crippen LogP contribution is 2.33. The van der Waals surface area contributed by atoms with Crippen molar-refractivity contribution in [3.05, 3.63) is 65.1 Å². The second-order valence-corrected chi connectivity index (χ2v) is 10.8. The Kier molecular flexibility index (Phi) is 9.46. The average molecular weight is 576 g/mol. The lowest BCUT2D eigenvalue weighted by molar-refractivity contribution is -0.137. The van der Waals surface area contributed by atoms with E-state index >= 15 is 0 Å². The van der Waals surface area contributed by atoms with Crippen LogP contribution in [-0.4, -0.2) is 67.0 Å². The molecule has 3 aromatic rings. The monoisotopic (exact) mass is 575 g/mol. The molecule has 2 aromatic carbocycles. The number of hydrogen-bond acceptors (Lipinski definition) is 5. The molecule has 3 heterocycles. The van der Waals surface area contributed by atoms with Gasteiger partial charge in [-0.1, -0.05) is 18.2 Å². The van der Waals surface area contributed by atoms with Crippen molar-refractivity contribution in [2.75, 3.05) is 56.5 Å². The number of halogens is 4. The largest absolute Gasteiger partial charge is 0.378 e. The highest BCUT2D eigenvalue weighted by molar-refractivity contribution is 5.94.